The number of piperazine rings is 1. The number of hydrogen-bond acceptors (Lipinski definition) is 3. The van der Waals surface area contributed by atoms with Crippen molar-refractivity contribution in [1.82, 2.24) is 9.80 Å². The van der Waals surface area contributed by atoms with Crippen LogP contribution in [0.25, 0.3) is 0 Å². The molecule has 4 heteroatoms. The summed E-state index contributed by atoms with van der Waals surface area (Å²) in [6.45, 7) is 11.6. The van der Waals surface area contributed by atoms with Crippen molar-refractivity contribution in [2.45, 2.75) is 46.6 Å². The first-order chi connectivity index (χ1) is 11.6. The van der Waals surface area contributed by atoms with Gasteiger partial charge in [0.25, 0.3) is 0 Å². The molecule has 1 amide bonds. The van der Waals surface area contributed by atoms with Crippen LogP contribution in [0.2, 0.25) is 0 Å². The molecule has 0 aliphatic carbocycles. The van der Waals surface area contributed by atoms with Gasteiger partial charge in [0.2, 0.25) is 5.91 Å². The maximum absolute atomic E-state index is 12.3. The lowest BCUT2D eigenvalue weighted by molar-refractivity contribution is -0.133. The summed E-state index contributed by atoms with van der Waals surface area (Å²) in [7, 11) is 0. The normalized spacial score (nSPS) is 16.9. The Morgan fingerprint density at radius 1 is 1.12 bits per heavy atom. The first-order valence-electron chi connectivity index (χ1n) is 9.34. The minimum Gasteiger partial charge on any atom is -0.494 e. The molecule has 1 heterocycles. The Bertz CT molecular complexity index is 493. The first-order valence-corrected chi connectivity index (χ1v) is 9.34. The predicted molar refractivity (Wildman–Crippen MR) is 98.2 cm³/mol. The molecule has 24 heavy (non-hydrogen) atoms. The second kappa shape index (κ2) is 9.67. The summed E-state index contributed by atoms with van der Waals surface area (Å²) >= 11 is 0. The van der Waals surface area contributed by atoms with Gasteiger partial charge in [-0.1, -0.05) is 38.8 Å². The molecule has 134 valence electrons. The monoisotopic (exact) mass is 332 g/mol. The highest BCUT2D eigenvalue weighted by atomic mass is 16.5. The fourth-order valence-corrected chi connectivity index (χ4v) is 3.29. The van der Waals surface area contributed by atoms with Gasteiger partial charge < -0.3 is 9.64 Å². The van der Waals surface area contributed by atoms with Crippen LogP contribution >= 0.6 is 0 Å². The first kappa shape index (κ1) is 18.8. The van der Waals surface area contributed by atoms with E-state index in [1.807, 2.05) is 24.0 Å². The van der Waals surface area contributed by atoms with E-state index in [1.165, 1.54) is 5.56 Å². The average molecular weight is 332 g/mol. The molecular formula is C20H32N2O2. The summed E-state index contributed by atoms with van der Waals surface area (Å²) in [4.78, 5) is 16.8. The van der Waals surface area contributed by atoms with Crippen molar-refractivity contribution < 1.29 is 9.53 Å². The number of carbonyl (C=O) groups is 1. The van der Waals surface area contributed by atoms with Gasteiger partial charge in [0.1, 0.15) is 5.75 Å². The Balaban J connectivity index is 1.75. The molecule has 1 saturated heterocycles. The number of amides is 1. The molecule has 1 atom stereocenters. The van der Waals surface area contributed by atoms with Crippen LogP contribution in [-0.4, -0.2) is 48.5 Å². The summed E-state index contributed by atoms with van der Waals surface area (Å²) in [6, 6.07) is 8.34. The van der Waals surface area contributed by atoms with E-state index < -0.39 is 0 Å². The number of carbonyl (C=O) groups excluding carboxylic acids is 1. The van der Waals surface area contributed by atoms with Gasteiger partial charge in [-0.15, -0.1) is 0 Å². The highest BCUT2D eigenvalue weighted by Crippen LogP contribution is 2.16. The molecule has 0 radical (unpaired) electrons. The SMILES string of the molecule is CCCC(C)CC(=O)N1CCN(Cc2ccc(OCC)cc2)CC1. The third-order valence-corrected chi connectivity index (χ3v) is 4.67. The zero-order chi connectivity index (χ0) is 17.4. The van der Waals surface area contributed by atoms with E-state index >= 15 is 0 Å². The molecule has 4 nitrogen and oxygen atoms in total. The van der Waals surface area contributed by atoms with Crippen LogP contribution < -0.4 is 4.74 Å². The van der Waals surface area contributed by atoms with E-state index in [9.17, 15) is 4.79 Å². The lowest BCUT2D eigenvalue weighted by Crippen LogP contribution is -2.48. The van der Waals surface area contributed by atoms with Crippen LogP contribution in [0.5, 0.6) is 5.75 Å². The maximum atomic E-state index is 12.3. The fraction of sp³-hybridized carbons (Fsp3) is 0.650. The van der Waals surface area contributed by atoms with Gasteiger partial charge in [-0.25, -0.2) is 0 Å². The maximum Gasteiger partial charge on any atom is 0.222 e. The van der Waals surface area contributed by atoms with Crippen LogP contribution in [0.3, 0.4) is 0 Å². The average Bonchev–Trinajstić information content (AvgIpc) is 2.57. The van der Waals surface area contributed by atoms with Crippen LogP contribution in [0.4, 0.5) is 0 Å². The van der Waals surface area contributed by atoms with Gasteiger partial charge in [0, 0.05) is 39.1 Å². The number of hydrogen-bond donors (Lipinski definition) is 0. The summed E-state index contributed by atoms with van der Waals surface area (Å²) < 4.78 is 5.48. The molecule has 1 aliphatic rings. The van der Waals surface area contributed by atoms with E-state index in [1.54, 1.807) is 0 Å². The van der Waals surface area contributed by atoms with Gasteiger partial charge >= 0.3 is 0 Å². The van der Waals surface area contributed by atoms with Crippen molar-refractivity contribution in [2.75, 3.05) is 32.8 Å². The van der Waals surface area contributed by atoms with Gasteiger partial charge in [0.15, 0.2) is 0 Å². The highest BCUT2D eigenvalue weighted by molar-refractivity contribution is 5.76. The standard InChI is InChI=1S/C20H32N2O2/c1-4-6-17(3)15-20(23)22-13-11-21(12-14-22)16-18-7-9-19(10-8-18)24-5-2/h7-10,17H,4-6,11-16H2,1-3H3. The molecule has 1 unspecified atom stereocenters. The van der Waals surface area contributed by atoms with Gasteiger partial charge in [-0.2, -0.15) is 0 Å². The van der Waals surface area contributed by atoms with Crippen molar-refractivity contribution in [3.05, 3.63) is 29.8 Å². The van der Waals surface area contributed by atoms with E-state index in [0.29, 0.717) is 24.9 Å². The zero-order valence-electron chi connectivity index (χ0n) is 15.5. The number of ether oxygens (including phenoxy) is 1. The van der Waals surface area contributed by atoms with Crippen LogP contribution in [0.15, 0.2) is 24.3 Å². The van der Waals surface area contributed by atoms with Crippen molar-refractivity contribution >= 4 is 5.91 Å². The molecule has 1 fully saturated rings. The molecular weight excluding hydrogens is 300 g/mol. The second-order valence-corrected chi connectivity index (χ2v) is 6.83. The Morgan fingerprint density at radius 2 is 1.79 bits per heavy atom. The minimum atomic E-state index is 0.330. The minimum absolute atomic E-state index is 0.330. The molecule has 1 aromatic carbocycles. The quantitative estimate of drug-likeness (QED) is 0.730. The number of benzene rings is 1. The smallest absolute Gasteiger partial charge is 0.222 e. The van der Waals surface area contributed by atoms with Gasteiger partial charge in [0.05, 0.1) is 6.61 Å². The fourth-order valence-electron chi connectivity index (χ4n) is 3.29. The Hall–Kier alpha value is -1.55. The summed E-state index contributed by atoms with van der Waals surface area (Å²) in [5.41, 5.74) is 1.30. The molecule has 0 spiro atoms. The van der Waals surface area contributed by atoms with Crippen molar-refractivity contribution in [3.8, 4) is 5.75 Å². The molecule has 1 aliphatic heterocycles. The summed E-state index contributed by atoms with van der Waals surface area (Å²) in [5, 5.41) is 0. The van der Waals surface area contributed by atoms with Crippen molar-refractivity contribution in [3.63, 3.8) is 0 Å². The largest absolute Gasteiger partial charge is 0.494 e. The number of nitrogens with zero attached hydrogens (tertiary/aromatic N) is 2. The molecule has 0 N–H and O–H groups in total. The molecule has 0 saturated carbocycles. The van der Waals surface area contributed by atoms with Crippen LogP contribution in [0.1, 0.15) is 45.6 Å². The molecule has 0 aromatic heterocycles. The van der Waals surface area contributed by atoms with Crippen LogP contribution in [0, 0.1) is 5.92 Å². The summed E-state index contributed by atoms with van der Waals surface area (Å²) in [5.74, 6) is 1.76. The van der Waals surface area contributed by atoms with Gasteiger partial charge in [-0.05, 0) is 30.5 Å². The van der Waals surface area contributed by atoms with E-state index in [0.717, 1.165) is 51.3 Å². The Labute approximate surface area is 146 Å². The Kier molecular flexibility index (Phi) is 7.57. The molecule has 0 bridgehead atoms. The zero-order valence-corrected chi connectivity index (χ0v) is 15.5. The van der Waals surface area contributed by atoms with Crippen molar-refractivity contribution in [2.24, 2.45) is 5.92 Å². The molecule has 1 aromatic rings. The summed E-state index contributed by atoms with van der Waals surface area (Å²) in [6.07, 6.45) is 3.00. The van der Waals surface area contributed by atoms with E-state index in [2.05, 4.69) is 30.9 Å². The van der Waals surface area contributed by atoms with E-state index in [-0.39, 0.29) is 0 Å². The lowest BCUT2D eigenvalue weighted by Gasteiger charge is -2.35. The van der Waals surface area contributed by atoms with Crippen molar-refractivity contribution in [1.29, 1.82) is 0 Å². The highest BCUT2D eigenvalue weighted by Gasteiger charge is 2.22. The number of rotatable bonds is 8. The third-order valence-electron chi connectivity index (χ3n) is 4.67. The predicted octanol–water partition coefficient (Wildman–Crippen LogP) is 3.56. The third kappa shape index (κ3) is 5.82. The Morgan fingerprint density at radius 3 is 2.38 bits per heavy atom. The van der Waals surface area contributed by atoms with Crippen LogP contribution in [-0.2, 0) is 11.3 Å². The lowest BCUT2D eigenvalue weighted by atomic mass is 10.0. The van der Waals surface area contributed by atoms with Gasteiger partial charge in [-0.3, -0.25) is 9.69 Å². The molecule has 2 rings (SSSR count). The van der Waals surface area contributed by atoms with E-state index in [4.69, 9.17) is 4.74 Å². The second-order valence-electron chi connectivity index (χ2n) is 6.83. The topological polar surface area (TPSA) is 32.8 Å².